The van der Waals surface area contributed by atoms with E-state index in [0.717, 1.165) is 6.07 Å². The summed E-state index contributed by atoms with van der Waals surface area (Å²) in [6.07, 6.45) is 1.24. The Morgan fingerprint density at radius 3 is 2.32 bits per heavy atom. The van der Waals surface area contributed by atoms with Gasteiger partial charge in [-0.3, -0.25) is 4.79 Å². The van der Waals surface area contributed by atoms with Crippen LogP contribution in [0.5, 0.6) is 11.5 Å². The zero-order valence-electron chi connectivity index (χ0n) is 10.7. The highest BCUT2D eigenvalue weighted by Crippen LogP contribution is 2.36. The second kappa shape index (κ2) is 5.63. The van der Waals surface area contributed by atoms with Gasteiger partial charge in [-0.1, -0.05) is 0 Å². The summed E-state index contributed by atoms with van der Waals surface area (Å²) in [5, 5.41) is 2.46. The number of carbonyl (C=O) groups is 1. The highest BCUT2D eigenvalue weighted by atomic mass is 35.5. The Hall–Kier alpha value is -1.53. The van der Waals surface area contributed by atoms with Gasteiger partial charge in [0, 0.05) is 12.1 Å². The lowest BCUT2D eigenvalue weighted by atomic mass is 10.2. The topological polar surface area (TPSA) is 73.6 Å². The second-order valence-electron chi connectivity index (χ2n) is 4.30. The van der Waals surface area contributed by atoms with Crippen molar-refractivity contribution in [3.63, 3.8) is 0 Å². The minimum absolute atomic E-state index is 0. The Morgan fingerprint density at radius 2 is 1.84 bits per heavy atom. The van der Waals surface area contributed by atoms with Crippen molar-refractivity contribution in [2.45, 2.75) is 18.4 Å². The largest absolute Gasteiger partial charge is 0.493 e. The fourth-order valence-corrected chi connectivity index (χ4v) is 1.56. The van der Waals surface area contributed by atoms with E-state index in [1.165, 1.54) is 20.3 Å². The maximum atomic E-state index is 13.7. The molecule has 0 aromatic heterocycles. The molecule has 0 aliphatic heterocycles. The molecule has 2 rings (SSSR count). The number of anilines is 1. The van der Waals surface area contributed by atoms with Gasteiger partial charge < -0.3 is 20.5 Å². The third kappa shape index (κ3) is 3.08. The molecule has 0 spiro atoms. The van der Waals surface area contributed by atoms with Crippen molar-refractivity contribution < 1.29 is 18.7 Å². The van der Waals surface area contributed by atoms with Crippen LogP contribution in [0.4, 0.5) is 10.1 Å². The standard InChI is InChI=1S/C12H15FN2O3.ClH/c1-17-9-5-7(13)8(6-10(9)18-2)15-11(16)12(14)3-4-12;/h5-6H,3-4,14H2,1-2H3,(H,15,16);1H. The monoisotopic (exact) mass is 290 g/mol. The van der Waals surface area contributed by atoms with Gasteiger partial charge in [0.25, 0.3) is 0 Å². The smallest absolute Gasteiger partial charge is 0.244 e. The number of nitrogens with two attached hydrogens (primary N) is 1. The lowest BCUT2D eigenvalue weighted by Crippen LogP contribution is -2.38. The molecule has 1 amide bonds. The Labute approximate surface area is 116 Å². The number of hydrogen-bond donors (Lipinski definition) is 2. The fraction of sp³-hybridized carbons (Fsp3) is 0.417. The highest BCUT2D eigenvalue weighted by Gasteiger charge is 2.46. The number of methoxy groups -OCH3 is 2. The molecule has 0 radical (unpaired) electrons. The average molecular weight is 291 g/mol. The molecular formula is C12H16ClFN2O3. The molecule has 7 heteroatoms. The van der Waals surface area contributed by atoms with Crippen molar-refractivity contribution in [2.75, 3.05) is 19.5 Å². The van der Waals surface area contributed by atoms with Gasteiger partial charge in [0.05, 0.1) is 25.4 Å². The van der Waals surface area contributed by atoms with E-state index in [4.69, 9.17) is 15.2 Å². The van der Waals surface area contributed by atoms with Crippen molar-refractivity contribution in [3.05, 3.63) is 17.9 Å². The summed E-state index contributed by atoms with van der Waals surface area (Å²) < 4.78 is 23.7. The zero-order chi connectivity index (χ0) is 13.3. The van der Waals surface area contributed by atoms with Crippen LogP contribution in [-0.4, -0.2) is 25.7 Å². The molecule has 1 aromatic rings. The normalized spacial score (nSPS) is 15.2. The first-order valence-electron chi connectivity index (χ1n) is 5.52. The molecule has 5 nitrogen and oxygen atoms in total. The minimum Gasteiger partial charge on any atom is -0.493 e. The third-order valence-corrected chi connectivity index (χ3v) is 2.96. The summed E-state index contributed by atoms with van der Waals surface area (Å²) in [6.45, 7) is 0. The van der Waals surface area contributed by atoms with E-state index in [9.17, 15) is 9.18 Å². The zero-order valence-corrected chi connectivity index (χ0v) is 11.5. The number of carbonyl (C=O) groups excluding carboxylic acids is 1. The molecule has 1 fully saturated rings. The van der Waals surface area contributed by atoms with Crippen molar-refractivity contribution in [1.82, 2.24) is 0 Å². The second-order valence-corrected chi connectivity index (χ2v) is 4.30. The van der Waals surface area contributed by atoms with Crippen molar-refractivity contribution in [2.24, 2.45) is 5.73 Å². The van der Waals surface area contributed by atoms with Crippen LogP contribution in [-0.2, 0) is 4.79 Å². The number of benzene rings is 1. The van der Waals surface area contributed by atoms with Crippen LogP contribution < -0.4 is 20.5 Å². The molecular weight excluding hydrogens is 275 g/mol. The third-order valence-electron chi connectivity index (χ3n) is 2.96. The molecule has 1 saturated carbocycles. The highest BCUT2D eigenvalue weighted by molar-refractivity contribution is 6.00. The van der Waals surface area contributed by atoms with E-state index in [0.29, 0.717) is 18.6 Å². The van der Waals surface area contributed by atoms with Crippen LogP contribution >= 0.6 is 12.4 Å². The maximum absolute atomic E-state index is 13.7. The number of halogens is 2. The van der Waals surface area contributed by atoms with E-state index in [1.54, 1.807) is 0 Å². The van der Waals surface area contributed by atoms with E-state index >= 15 is 0 Å². The van der Waals surface area contributed by atoms with Crippen molar-refractivity contribution in [3.8, 4) is 11.5 Å². The molecule has 0 unspecified atom stereocenters. The van der Waals surface area contributed by atoms with Crippen LogP contribution in [0.15, 0.2) is 12.1 Å². The van der Waals surface area contributed by atoms with E-state index in [-0.39, 0.29) is 29.8 Å². The molecule has 3 N–H and O–H groups in total. The molecule has 0 saturated heterocycles. The van der Waals surface area contributed by atoms with E-state index in [2.05, 4.69) is 5.32 Å². The summed E-state index contributed by atoms with van der Waals surface area (Å²) in [7, 11) is 2.85. The summed E-state index contributed by atoms with van der Waals surface area (Å²) in [5.74, 6) is -0.364. The van der Waals surface area contributed by atoms with Crippen LogP contribution in [0, 0.1) is 5.82 Å². The first-order chi connectivity index (χ1) is 8.50. The number of nitrogens with one attached hydrogen (secondary N) is 1. The van der Waals surface area contributed by atoms with Gasteiger partial charge in [-0.2, -0.15) is 0 Å². The van der Waals surface area contributed by atoms with Gasteiger partial charge in [-0.15, -0.1) is 12.4 Å². The van der Waals surface area contributed by atoms with Crippen LogP contribution in [0.2, 0.25) is 0 Å². The maximum Gasteiger partial charge on any atom is 0.244 e. The summed E-state index contributed by atoms with van der Waals surface area (Å²) in [5.41, 5.74) is 4.91. The predicted octanol–water partition coefficient (Wildman–Crippen LogP) is 1.69. The Morgan fingerprint density at radius 1 is 1.32 bits per heavy atom. The van der Waals surface area contributed by atoms with E-state index in [1.807, 2.05) is 0 Å². The van der Waals surface area contributed by atoms with Gasteiger partial charge in [-0.25, -0.2) is 4.39 Å². The van der Waals surface area contributed by atoms with E-state index < -0.39 is 11.4 Å². The molecule has 0 heterocycles. The Kier molecular flexibility index (Phi) is 4.60. The van der Waals surface area contributed by atoms with Gasteiger partial charge in [-0.05, 0) is 12.8 Å². The van der Waals surface area contributed by atoms with Crippen LogP contribution in [0.25, 0.3) is 0 Å². The predicted molar refractivity (Wildman–Crippen MR) is 71.5 cm³/mol. The number of ether oxygens (including phenoxy) is 2. The lowest BCUT2D eigenvalue weighted by molar-refractivity contribution is -0.118. The van der Waals surface area contributed by atoms with Crippen molar-refractivity contribution >= 4 is 24.0 Å². The lowest BCUT2D eigenvalue weighted by Gasteiger charge is -2.13. The molecule has 1 aliphatic carbocycles. The molecule has 106 valence electrons. The summed E-state index contributed by atoms with van der Waals surface area (Å²) >= 11 is 0. The molecule has 0 atom stereocenters. The average Bonchev–Trinajstić information content (AvgIpc) is 3.10. The fourth-order valence-electron chi connectivity index (χ4n) is 1.56. The van der Waals surface area contributed by atoms with Gasteiger partial charge in [0.1, 0.15) is 0 Å². The minimum atomic E-state index is -0.848. The van der Waals surface area contributed by atoms with Crippen LogP contribution in [0.1, 0.15) is 12.8 Å². The number of amides is 1. The molecule has 1 aromatic carbocycles. The summed E-state index contributed by atoms with van der Waals surface area (Å²) in [4.78, 5) is 11.7. The number of rotatable bonds is 4. The Balaban J connectivity index is 0.00000180. The van der Waals surface area contributed by atoms with Crippen molar-refractivity contribution in [1.29, 1.82) is 0 Å². The first kappa shape index (κ1) is 15.5. The first-order valence-corrected chi connectivity index (χ1v) is 5.52. The SMILES string of the molecule is COc1cc(F)c(NC(=O)C2(N)CC2)cc1OC.Cl. The summed E-state index contributed by atoms with van der Waals surface area (Å²) in [6, 6.07) is 2.53. The number of hydrogen-bond acceptors (Lipinski definition) is 4. The van der Waals surface area contributed by atoms with Crippen LogP contribution in [0.3, 0.4) is 0 Å². The molecule has 0 bridgehead atoms. The quantitative estimate of drug-likeness (QED) is 0.885. The molecule has 19 heavy (non-hydrogen) atoms. The van der Waals surface area contributed by atoms with Gasteiger partial charge >= 0.3 is 0 Å². The Bertz CT molecular complexity index is 492. The molecule has 1 aliphatic rings. The van der Waals surface area contributed by atoms with Gasteiger partial charge in [0.2, 0.25) is 5.91 Å². The van der Waals surface area contributed by atoms with Gasteiger partial charge in [0.15, 0.2) is 17.3 Å².